The van der Waals surface area contributed by atoms with Gasteiger partial charge in [0.1, 0.15) is 11.9 Å². The number of hydrogen-bond donors (Lipinski definition) is 0. The molecule has 0 amide bonds. The molecule has 1 aliphatic heterocycles. The number of halogens is 1. The lowest BCUT2D eigenvalue weighted by Crippen LogP contribution is -2.42. The summed E-state index contributed by atoms with van der Waals surface area (Å²) in [5, 5.41) is 10.9. The van der Waals surface area contributed by atoms with E-state index >= 15 is 0 Å². The molecule has 1 saturated heterocycles. The van der Waals surface area contributed by atoms with E-state index in [0.29, 0.717) is 5.75 Å². The maximum absolute atomic E-state index is 10.9. The van der Waals surface area contributed by atoms with Gasteiger partial charge in [-0.15, -0.1) is 12.4 Å². The number of likely N-dealkylation sites (tertiary alicyclic amines) is 1. The standard InChI is InChI=1S/C18H20N2O3.ClH/c1-19-11-10-18(17(13-19)14-6-3-2-4-7-14)23-16-9-5-8-15(12-16)20(21)22;/h2-9,12,17-18H,10-11,13H2,1H3;1H/t17-,18-;/m1./s1. The van der Waals surface area contributed by atoms with Gasteiger partial charge >= 0.3 is 0 Å². The van der Waals surface area contributed by atoms with E-state index in [-0.39, 0.29) is 30.1 Å². The highest BCUT2D eigenvalue weighted by Gasteiger charge is 2.30. The molecule has 0 aromatic heterocycles. The first kappa shape index (κ1) is 18.2. The van der Waals surface area contributed by atoms with Gasteiger partial charge in [0.25, 0.3) is 5.69 Å². The predicted octanol–water partition coefficient (Wildman–Crippen LogP) is 3.88. The van der Waals surface area contributed by atoms with Gasteiger partial charge in [-0.1, -0.05) is 36.4 Å². The zero-order chi connectivity index (χ0) is 16.2. The first-order valence-corrected chi connectivity index (χ1v) is 7.78. The monoisotopic (exact) mass is 348 g/mol. The summed E-state index contributed by atoms with van der Waals surface area (Å²) in [7, 11) is 2.11. The number of rotatable bonds is 4. The molecule has 128 valence electrons. The Labute approximate surface area is 147 Å². The fourth-order valence-corrected chi connectivity index (χ4v) is 3.10. The van der Waals surface area contributed by atoms with Crippen molar-refractivity contribution in [1.29, 1.82) is 0 Å². The summed E-state index contributed by atoms with van der Waals surface area (Å²) in [6, 6.07) is 16.8. The van der Waals surface area contributed by atoms with Crippen LogP contribution in [0.15, 0.2) is 54.6 Å². The molecule has 0 radical (unpaired) electrons. The van der Waals surface area contributed by atoms with Crippen LogP contribution in [0.1, 0.15) is 17.9 Å². The van der Waals surface area contributed by atoms with E-state index in [4.69, 9.17) is 4.74 Å². The van der Waals surface area contributed by atoms with Crippen LogP contribution in [0.3, 0.4) is 0 Å². The third-order valence-corrected chi connectivity index (χ3v) is 4.30. The van der Waals surface area contributed by atoms with Crippen LogP contribution in [0.5, 0.6) is 5.75 Å². The maximum atomic E-state index is 10.9. The summed E-state index contributed by atoms with van der Waals surface area (Å²) in [4.78, 5) is 12.8. The highest BCUT2D eigenvalue weighted by atomic mass is 35.5. The van der Waals surface area contributed by atoms with Crippen molar-refractivity contribution < 1.29 is 9.66 Å². The van der Waals surface area contributed by atoms with Crippen molar-refractivity contribution >= 4 is 18.1 Å². The van der Waals surface area contributed by atoms with E-state index in [1.54, 1.807) is 12.1 Å². The SMILES string of the molecule is CN1CC[C@@H](Oc2cccc([N+](=O)[O-])c2)[C@@H](c2ccccc2)C1.Cl. The molecule has 0 bridgehead atoms. The van der Waals surface area contributed by atoms with Crippen molar-refractivity contribution in [3.63, 3.8) is 0 Å². The number of non-ortho nitro benzene ring substituents is 1. The highest BCUT2D eigenvalue weighted by Crippen LogP contribution is 2.31. The fourth-order valence-electron chi connectivity index (χ4n) is 3.10. The molecule has 1 aliphatic rings. The molecule has 2 aromatic rings. The van der Waals surface area contributed by atoms with Gasteiger partial charge in [-0.3, -0.25) is 10.1 Å². The van der Waals surface area contributed by atoms with E-state index < -0.39 is 4.92 Å². The molecule has 5 nitrogen and oxygen atoms in total. The van der Waals surface area contributed by atoms with Crippen LogP contribution in [0, 0.1) is 10.1 Å². The van der Waals surface area contributed by atoms with E-state index in [9.17, 15) is 10.1 Å². The molecule has 0 aliphatic carbocycles. The van der Waals surface area contributed by atoms with E-state index in [1.165, 1.54) is 17.7 Å². The summed E-state index contributed by atoms with van der Waals surface area (Å²) >= 11 is 0. The summed E-state index contributed by atoms with van der Waals surface area (Å²) in [5.74, 6) is 0.823. The molecule has 2 aromatic carbocycles. The van der Waals surface area contributed by atoms with Gasteiger partial charge in [-0.2, -0.15) is 0 Å². The molecule has 0 saturated carbocycles. The number of nitro benzene ring substituents is 1. The summed E-state index contributed by atoms with van der Waals surface area (Å²) < 4.78 is 6.13. The third kappa shape index (κ3) is 4.24. The number of nitrogens with zero attached hydrogens (tertiary/aromatic N) is 2. The summed E-state index contributed by atoms with van der Waals surface area (Å²) in [6.07, 6.45) is 0.925. The zero-order valence-electron chi connectivity index (χ0n) is 13.5. The molecule has 0 N–H and O–H groups in total. The molecule has 3 rings (SSSR count). The summed E-state index contributed by atoms with van der Waals surface area (Å²) in [6.45, 7) is 1.88. The molecule has 2 atom stereocenters. The Hall–Kier alpha value is -2.11. The predicted molar refractivity (Wildman–Crippen MR) is 96.1 cm³/mol. The molecule has 6 heteroatoms. The van der Waals surface area contributed by atoms with E-state index in [2.05, 4.69) is 24.1 Å². The molecular formula is C18H21ClN2O3. The summed E-state index contributed by atoms with van der Waals surface area (Å²) in [5.41, 5.74) is 1.31. The van der Waals surface area contributed by atoms with Crippen molar-refractivity contribution in [3.8, 4) is 5.75 Å². The quantitative estimate of drug-likeness (QED) is 0.621. The van der Waals surface area contributed by atoms with Crippen LogP contribution < -0.4 is 4.74 Å². The van der Waals surface area contributed by atoms with Gasteiger partial charge in [0.05, 0.1) is 11.0 Å². The minimum absolute atomic E-state index is 0. The van der Waals surface area contributed by atoms with E-state index in [0.717, 1.165) is 19.5 Å². The average Bonchev–Trinajstić information content (AvgIpc) is 2.57. The van der Waals surface area contributed by atoms with Crippen LogP contribution in [-0.2, 0) is 0 Å². The smallest absolute Gasteiger partial charge is 0.273 e. The van der Waals surface area contributed by atoms with Gasteiger partial charge in [0, 0.05) is 25.1 Å². The minimum Gasteiger partial charge on any atom is -0.489 e. The molecule has 24 heavy (non-hydrogen) atoms. The van der Waals surface area contributed by atoms with Crippen molar-refractivity contribution in [1.82, 2.24) is 4.90 Å². The second kappa shape index (κ2) is 8.13. The van der Waals surface area contributed by atoms with Crippen molar-refractivity contribution in [2.75, 3.05) is 20.1 Å². The number of hydrogen-bond acceptors (Lipinski definition) is 4. The van der Waals surface area contributed by atoms with Crippen molar-refractivity contribution in [3.05, 3.63) is 70.3 Å². The van der Waals surface area contributed by atoms with Crippen LogP contribution in [0.4, 0.5) is 5.69 Å². The lowest BCUT2D eigenvalue weighted by Gasteiger charge is -2.37. The van der Waals surface area contributed by atoms with Crippen molar-refractivity contribution in [2.45, 2.75) is 18.4 Å². The Kier molecular flexibility index (Phi) is 6.17. The van der Waals surface area contributed by atoms with Crippen LogP contribution in [0.25, 0.3) is 0 Å². The number of likely N-dealkylation sites (N-methyl/N-ethyl adjacent to an activating group) is 1. The van der Waals surface area contributed by atoms with Gasteiger partial charge in [0.2, 0.25) is 0 Å². The number of ether oxygens (including phenoxy) is 1. The van der Waals surface area contributed by atoms with Crippen LogP contribution in [-0.4, -0.2) is 36.1 Å². The Morgan fingerprint density at radius 2 is 1.92 bits per heavy atom. The van der Waals surface area contributed by atoms with Gasteiger partial charge in [-0.05, 0) is 25.1 Å². The van der Waals surface area contributed by atoms with E-state index in [1.807, 2.05) is 18.2 Å². The largest absolute Gasteiger partial charge is 0.489 e. The third-order valence-electron chi connectivity index (χ3n) is 4.30. The number of nitro groups is 1. The molecule has 0 spiro atoms. The Bertz CT molecular complexity index is 681. The second-order valence-corrected chi connectivity index (χ2v) is 5.98. The molecular weight excluding hydrogens is 328 g/mol. The van der Waals surface area contributed by atoms with Crippen LogP contribution >= 0.6 is 12.4 Å². The number of benzene rings is 2. The Balaban J connectivity index is 0.00000208. The average molecular weight is 349 g/mol. The highest BCUT2D eigenvalue weighted by molar-refractivity contribution is 5.85. The zero-order valence-corrected chi connectivity index (χ0v) is 14.3. The van der Waals surface area contributed by atoms with Gasteiger partial charge < -0.3 is 9.64 Å². The maximum Gasteiger partial charge on any atom is 0.273 e. The molecule has 1 heterocycles. The topological polar surface area (TPSA) is 55.6 Å². The first-order valence-electron chi connectivity index (χ1n) is 7.78. The number of piperidine rings is 1. The van der Waals surface area contributed by atoms with Gasteiger partial charge in [-0.25, -0.2) is 0 Å². The minimum atomic E-state index is -0.393. The van der Waals surface area contributed by atoms with Crippen molar-refractivity contribution in [2.24, 2.45) is 0 Å². The molecule has 1 fully saturated rings. The fraction of sp³-hybridized carbons (Fsp3) is 0.333. The van der Waals surface area contributed by atoms with Crippen LogP contribution in [0.2, 0.25) is 0 Å². The second-order valence-electron chi connectivity index (χ2n) is 5.98. The van der Waals surface area contributed by atoms with Gasteiger partial charge in [0.15, 0.2) is 0 Å². The lowest BCUT2D eigenvalue weighted by atomic mass is 9.88. The Morgan fingerprint density at radius 3 is 2.62 bits per heavy atom. The lowest BCUT2D eigenvalue weighted by molar-refractivity contribution is -0.385. The molecule has 0 unspecified atom stereocenters. The Morgan fingerprint density at radius 1 is 1.17 bits per heavy atom. The normalized spacial score (nSPS) is 20.9. The first-order chi connectivity index (χ1) is 11.1.